The summed E-state index contributed by atoms with van der Waals surface area (Å²) in [6, 6.07) is 3.21. The summed E-state index contributed by atoms with van der Waals surface area (Å²) in [4.78, 5) is 15.0. The van der Waals surface area contributed by atoms with Crippen molar-refractivity contribution in [1.82, 2.24) is 4.90 Å². The van der Waals surface area contributed by atoms with Gasteiger partial charge < -0.3 is 19.3 Å². The van der Waals surface area contributed by atoms with Crippen LogP contribution in [0.25, 0.3) is 0 Å². The molecular weight excluding hydrogens is 220 g/mol. The van der Waals surface area contributed by atoms with Gasteiger partial charge in [0.15, 0.2) is 5.88 Å². The van der Waals surface area contributed by atoms with Crippen molar-refractivity contribution >= 4 is 11.9 Å². The molecule has 1 fully saturated rings. The van der Waals surface area contributed by atoms with Crippen LogP contribution in [0.15, 0.2) is 16.5 Å². The zero-order valence-electron chi connectivity index (χ0n) is 10.2. The Bertz CT molecular complexity index is 402. The molecule has 5 nitrogen and oxygen atoms in total. The summed E-state index contributed by atoms with van der Waals surface area (Å²) >= 11 is 0. The Balaban J connectivity index is 1.94. The molecule has 5 heteroatoms. The molecule has 2 heterocycles. The van der Waals surface area contributed by atoms with Gasteiger partial charge in [0.1, 0.15) is 0 Å². The first-order valence-corrected chi connectivity index (χ1v) is 5.79. The van der Waals surface area contributed by atoms with E-state index in [0.717, 1.165) is 19.6 Å². The standard InChI is InChI=1S/C12H18N2O3/c1-13-6-5-9(7-13)8-14(2)11-4-3-10(17-11)12(15)16/h3-4,9H,5-8H2,1-2H3,(H,15,16). The van der Waals surface area contributed by atoms with Gasteiger partial charge in [0.05, 0.1) is 0 Å². The monoisotopic (exact) mass is 238 g/mol. The molecular formula is C12H18N2O3. The third-order valence-electron chi connectivity index (χ3n) is 3.20. The highest BCUT2D eigenvalue weighted by molar-refractivity contribution is 5.84. The third kappa shape index (κ3) is 2.79. The highest BCUT2D eigenvalue weighted by Gasteiger charge is 2.22. The van der Waals surface area contributed by atoms with E-state index in [0.29, 0.717) is 11.8 Å². The summed E-state index contributed by atoms with van der Waals surface area (Å²) < 4.78 is 5.26. The fourth-order valence-corrected chi connectivity index (χ4v) is 2.30. The van der Waals surface area contributed by atoms with Gasteiger partial charge in [0, 0.05) is 26.2 Å². The molecule has 1 aliphatic rings. The Kier molecular flexibility index (Phi) is 3.38. The Morgan fingerprint density at radius 2 is 2.41 bits per heavy atom. The van der Waals surface area contributed by atoms with Crippen molar-refractivity contribution in [3.63, 3.8) is 0 Å². The summed E-state index contributed by atoms with van der Waals surface area (Å²) in [7, 11) is 4.05. The lowest BCUT2D eigenvalue weighted by molar-refractivity contribution is 0.0663. The van der Waals surface area contributed by atoms with Crippen molar-refractivity contribution in [3.05, 3.63) is 17.9 Å². The number of furan rings is 1. The Hall–Kier alpha value is -1.49. The minimum absolute atomic E-state index is 0.00427. The smallest absolute Gasteiger partial charge is 0.371 e. The Morgan fingerprint density at radius 1 is 1.65 bits per heavy atom. The normalized spacial score (nSPS) is 20.7. The summed E-state index contributed by atoms with van der Waals surface area (Å²) in [6.07, 6.45) is 1.19. The van der Waals surface area contributed by atoms with Gasteiger partial charge in [-0.05, 0) is 32.0 Å². The van der Waals surface area contributed by atoms with Crippen LogP contribution in [0, 0.1) is 5.92 Å². The van der Waals surface area contributed by atoms with E-state index in [-0.39, 0.29) is 5.76 Å². The van der Waals surface area contributed by atoms with Crippen molar-refractivity contribution in [2.75, 3.05) is 38.6 Å². The zero-order valence-corrected chi connectivity index (χ0v) is 10.2. The van der Waals surface area contributed by atoms with Gasteiger partial charge in [-0.15, -0.1) is 0 Å². The second kappa shape index (κ2) is 4.79. The van der Waals surface area contributed by atoms with Crippen LogP contribution in [-0.4, -0.2) is 49.7 Å². The number of anilines is 1. The maximum Gasteiger partial charge on any atom is 0.371 e. The summed E-state index contributed by atoms with van der Waals surface area (Å²) in [6.45, 7) is 3.13. The Morgan fingerprint density at radius 3 is 2.94 bits per heavy atom. The molecule has 1 unspecified atom stereocenters. The molecule has 1 N–H and O–H groups in total. The van der Waals surface area contributed by atoms with Crippen LogP contribution in [0.1, 0.15) is 17.0 Å². The summed E-state index contributed by atoms with van der Waals surface area (Å²) in [5, 5.41) is 8.78. The Labute approximate surface area is 101 Å². The lowest BCUT2D eigenvalue weighted by atomic mass is 10.1. The van der Waals surface area contributed by atoms with Gasteiger partial charge in [-0.3, -0.25) is 0 Å². The van der Waals surface area contributed by atoms with Gasteiger partial charge in [-0.25, -0.2) is 4.79 Å². The molecule has 1 aromatic rings. The number of aromatic carboxylic acids is 1. The van der Waals surface area contributed by atoms with E-state index in [1.54, 1.807) is 6.07 Å². The molecule has 0 bridgehead atoms. The molecule has 17 heavy (non-hydrogen) atoms. The molecule has 2 rings (SSSR count). The number of rotatable bonds is 4. The van der Waals surface area contributed by atoms with Crippen LogP contribution in [0.2, 0.25) is 0 Å². The van der Waals surface area contributed by atoms with E-state index >= 15 is 0 Å². The number of carbonyl (C=O) groups is 1. The van der Waals surface area contributed by atoms with Gasteiger partial charge in [-0.1, -0.05) is 0 Å². The van der Waals surface area contributed by atoms with E-state index in [1.807, 2.05) is 11.9 Å². The van der Waals surface area contributed by atoms with Crippen molar-refractivity contribution < 1.29 is 14.3 Å². The van der Waals surface area contributed by atoms with Gasteiger partial charge in [-0.2, -0.15) is 0 Å². The third-order valence-corrected chi connectivity index (χ3v) is 3.20. The summed E-state index contributed by atoms with van der Waals surface area (Å²) in [5.74, 6) is 0.223. The van der Waals surface area contributed by atoms with Crippen LogP contribution in [0.4, 0.5) is 5.88 Å². The van der Waals surface area contributed by atoms with Crippen LogP contribution >= 0.6 is 0 Å². The van der Waals surface area contributed by atoms with Gasteiger partial charge in [0.25, 0.3) is 0 Å². The molecule has 0 saturated carbocycles. The van der Waals surface area contributed by atoms with Gasteiger partial charge >= 0.3 is 5.97 Å². The molecule has 1 saturated heterocycles. The number of hydrogen-bond acceptors (Lipinski definition) is 4. The van der Waals surface area contributed by atoms with Gasteiger partial charge in [0.2, 0.25) is 5.76 Å². The first-order chi connectivity index (χ1) is 8.06. The maximum absolute atomic E-state index is 10.7. The zero-order chi connectivity index (χ0) is 12.4. The van der Waals surface area contributed by atoms with Crippen LogP contribution in [0.5, 0.6) is 0 Å². The van der Waals surface area contributed by atoms with E-state index in [4.69, 9.17) is 9.52 Å². The molecule has 94 valence electrons. The van der Waals surface area contributed by atoms with E-state index in [2.05, 4.69) is 11.9 Å². The minimum Gasteiger partial charge on any atom is -0.475 e. The molecule has 1 aliphatic heterocycles. The highest BCUT2D eigenvalue weighted by atomic mass is 16.4. The fraction of sp³-hybridized carbons (Fsp3) is 0.583. The van der Waals surface area contributed by atoms with Crippen molar-refractivity contribution in [3.8, 4) is 0 Å². The second-order valence-corrected chi connectivity index (χ2v) is 4.74. The second-order valence-electron chi connectivity index (χ2n) is 4.74. The van der Waals surface area contributed by atoms with E-state index in [1.165, 1.54) is 12.5 Å². The predicted molar refractivity (Wildman–Crippen MR) is 64.5 cm³/mol. The fourth-order valence-electron chi connectivity index (χ4n) is 2.30. The quantitative estimate of drug-likeness (QED) is 0.858. The molecule has 0 spiro atoms. The topological polar surface area (TPSA) is 56.9 Å². The number of hydrogen-bond donors (Lipinski definition) is 1. The van der Waals surface area contributed by atoms with Crippen LogP contribution < -0.4 is 4.90 Å². The maximum atomic E-state index is 10.7. The SMILES string of the molecule is CN1CCC(CN(C)c2ccc(C(=O)O)o2)C1. The first kappa shape index (κ1) is 12.0. The molecule has 0 radical (unpaired) electrons. The minimum atomic E-state index is -1.02. The van der Waals surface area contributed by atoms with Crippen LogP contribution in [0.3, 0.4) is 0 Å². The average molecular weight is 238 g/mol. The average Bonchev–Trinajstić information content (AvgIpc) is 2.86. The molecule has 0 aliphatic carbocycles. The van der Waals surface area contributed by atoms with Crippen LogP contribution in [-0.2, 0) is 0 Å². The highest BCUT2D eigenvalue weighted by Crippen LogP contribution is 2.21. The lowest BCUT2D eigenvalue weighted by Gasteiger charge is -2.20. The number of nitrogens with zero attached hydrogens (tertiary/aromatic N) is 2. The van der Waals surface area contributed by atoms with Crippen molar-refractivity contribution in [1.29, 1.82) is 0 Å². The largest absolute Gasteiger partial charge is 0.475 e. The summed E-state index contributed by atoms with van der Waals surface area (Å²) in [5.41, 5.74) is 0. The number of likely N-dealkylation sites (tertiary alicyclic amines) is 1. The van der Waals surface area contributed by atoms with E-state index < -0.39 is 5.97 Å². The number of carboxylic acids is 1. The van der Waals surface area contributed by atoms with Crippen molar-refractivity contribution in [2.45, 2.75) is 6.42 Å². The number of carboxylic acid groups (broad SMARTS) is 1. The molecule has 1 atom stereocenters. The van der Waals surface area contributed by atoms with Crippen molar-refractivity contribution in [2.24, 2.45) is 5.92 Å². The molecule has 0 aromatic carbocycles. The first-order valence-electron chi connectivity index (χ1n) is 5.79. The van der Waals surface area contributed by atoms with E-state index in [9.17, 15) is 4.79 Å². The predicted octanol–water partition coefficient (Wildman–Crippen LogP) is 1.37. The molecule has 0 amide bonds. The lowest BCUT2D eigenvalue weighted by Crippen LogP contribution is -2.26. The molecule has 1 aromatic heterocycles.